The van der Waals surface area contributed by atoms with Crippen LogP contribution >= 0.6 is 0 Å². The van der Waals surface area contributed by atoms with Gasteiger partial charge < -0.3 is 4.74 Å². The molecule has 4 heteroatoms. The van der Waals surface area contributed by atoms with E-state index in [1.807, 2.05) is 24.3 Å². The SMILES string of the molecule is CCCCCCC(=O)Oc1cnc(-c2cc[c]cc2)nc1. The number of aromatic nitrogens is 2. The molecule has 0 aliphatic carbocycles. The number of esters is 1. The number of carbonyl (C=O) groups excluding carboxylic acids is 1. The van der Waals surface area contributed by atoms with Gasteiger partial charge in [0.1, 0.15) is 0 Å². The number of hydrogen-bond acceptors (Lipinski definition) is 4. The first-order chi connectivity index (χ1) is 10.3. The lowest BCUT2D eigenvalue weighted by Gasteiger charge is -2.04. The van der Waals surface area contributed by atoms with Crippen LogP contribution in [0.5, 0.6) is 5.75 Å². The highest BCUT2D eigenvalue weighted by atomic mass is 16.5. The molecule has 21 heavy (non-hydrogen) atoms. The van der Waals surface area contributed by atoms with Crippen molar-refractivity contribution < 1.29 is 9.53 Å². The minimum Gasteiger partial charge on any atom is -0.423 e. The summed E-state index contributed by atoms with van der Waals surface area (Å²) in [5.74, 6) is 0.769. The second-order valence-corrected chi connectivity index (χ2v) is 4.82. The molecule has 1 radical (unpaired) electrons. The van der Waals surface area contributed by atoms with Crippen LogP contribution in [0, 0.1) is 6.07 Å². The summed E-state index contributed by atoms with van der Waals surface area (Å²) in [7, 11) is 0. The fourth-order valence-electron chi connectivity index (χ4n) is 1.93. The van der Waals surface area contributed by atoms with Gasteiger partial charge in [-0.2, -0.15) is 0 Å². The highest BCUT2D eigenvalue weighted by Crippen LogP contribution is 2.16. The topological polar surface area (TPSA) is 52.1 Å². The summed E-state index contributed by atoms with van der Waals surface area (Å²) >= 11 is 0. The maximum Gasteiger partial charge on any atom is 0.311 e. The summed E-state index contributed by atoms with van der Waals surface area (Å²) in [6, 6.07) is 10.3. The zero-order chi connectivity index (χ0) is 14.9. The molecule has 0 atom stereocenters. The Hall–Kier alpha value is -2.23. The second kappa shape index (κ2) is 8.15. The maximum absolute atomic E-state index is 11.6. The van der Waals surface area contributed by atoms with Crippen molar-refractivity contribution >= 4 is 5.97 Å². The van der Waals surface area contributed by atoms with E-state index in [9.17, 15) is 4.79 Å². The van der Waals surface area contributed by atoms with Crippen LogP contribution in [0.25, 0.3) is 11.4 Å². The lowest BCUT2D eigenvalue weighted by atomic mass is 10.2. The van der Waals surface area contributed by atoms with Crippen molar-refractivity contribution in [3.05, 3.63) is 42.7 Å². The molecule has 0 saturated carbocycles. The Balaban J connectivity index is 1.86. The number of unbranched alkanes of at least 4 members (excludes halogenated alkanes) is 3. The highest BCUT2D eigenvalue weighted by Gasteiger charge is 2.06. The van der Waals surface area contributed by atoms with E-state index < -0.39 is 0 Å². The van der Waals surface area contributed by atoms with E-state index in [1.54, 1.807) is 0 Å². The third kappa shape index (κ3) is 4.99. The van der Waals surface area contributed by atoms with Crippen molar-refractivity contribution in [1.29, 1.82) is 0 Å². The molecule has 2 aromatic rings. The summed E-state index contributed by atoms with van der Waals surface area (Å²) in [5.41, 5.74) is 0.909. The lowest BCUT2D eigenvalue weighted by molar-refractivity contribution is -0.134. The van der Waals surface area contributed by atoms with Crippen LogP contribution in [-0.2, 0) is 4.79 Å². The molecule has 0 unspecified atom stereocenters. The number of ether oxygens (including phenoxy) is 1. The molecule has 4 nitrogen and oxygen atoms in total. The Morgan fingerprint density at radius 2 is 1.86 bits per heavy atom. The normalized spacial score (nSPS) is 10.3. The average Bonchev–Trinajstić information content (AvgIpc) is 2.53. The lowest BCUT2D eigenvalue weighted by Crippen LogP contribution is -2.08. The van der Waals surface area contributed by atoms with E-state index in [1.165, 1.54) is 12.4 Å². The predicted octanol–water partition coefficient (Wildman–Crippen LogP) is 3.82. The van der Waals surface area contributed by atoms with E-state index in [4.69, 9.17) is 4.74 Å². The predicted molar refractivity (Wildman–Crippen MR) is 80.7 cm³/mol. The molecule has 1 aromatic heterocycles. The Labute approximate surface area is 125 Å². The molecular weight excluding hydrogens is 264 g/mol. The average molecular weight is 283 g/mol. The third-order valence-corrected chi connectivity index (χ3v) is 3.07. The number of benzene rings is 1. The van der Waals surface area contributed by atoms with Gasteiger partial charge >= 0.3 is 5.97 Å². The van der Waals surface area contributed by atoms with Gasteiger partial charge in [0.15, 0.2) is 11.6 Å². The van der Waals surface area contributed by atoms with Crippen molar-refractivity contribution in [3.63, 3.8) is 0 Å². The van der Waals surface area contributed by atoms with Crippen LogP contribution < -0.4 is 4.74 Å². The first-order valence-electron chi connectivity index (χ1n) is 7.29. The van der Waals surface area contributed by atoms with Crippen LogP contribution in [0.3, 0.4) is 0 Å². The van der Waals surface area contributed by atoms with Gasteiger partial charge in [-0.05, 0) is 12.5 Å². The number of hydrogen-bond donors (Lipinski definition) is 0. The number of rotatable bonds is 7. The Morgan fingerprint density at radius 1 is 1.14 bits per heavy atom. The first-order valence-corrected chi connectivity index (χ1v) is 7.29. The minimum absolute atomic E-state index is 0.225. The summed E-state index contributed by atoms with van der Waals surface area (Å²) in [4.78, 5) is 20.1. The van der Waals surface area contributed by atoms with Crippen molar-refractivity contribution in [1.82, 2.24) is 9.97 Å². The molecule has 0 bridgehead atoms. The minimum atomic E-state index is -0.225. The summed E-state index contributed by atoms with van der Waals surface area (Å²) < 4.78 is 5.22. The fraction of sp³-hybridized carbons (Fsp3) is 0.353. The molecule has 0 amide bonds. The van der Waals surface area contributed by atoms with E-state index in [-0.39, 0.29) is 5.97 Å². The zero-order valence-electron chi connectivity index (χ0n) is 12.2. The summed E-state index contributed by atoms with van der Waals surface area (Å²) in [6.45, 7) is 2.14. The van der Waals surface area contributed by atoms with Gasteiger partial charge in [-0.25, -0.2) is 9.97 Å². The number of carbonyl (C=O) groups is 1. The van der Waals surface area contributed by atoms with Crippen LogP contribution in [-0.4, -0.2) is 15.9 Å². The van der Waals surface area contributed by atoms with Gasteiger partial charge in [-0.15, -0.1) is 0 Å². The summed E-state index contributed by atoms with van der Waals surface area (Å²) in [5, 5.41) is 0. The molecule has 0 aliphatic heterocycles. The van der Waals surface area contributed by atoms with Gasteiger partial charge in [0.05, 0.1) is 12.4 Å². The van der Waals surface area contributed by atoms with Crippen molar-refractivity contribution in [2.24, 2.45) is 0 Å². The van der Waals surface area contributed by atoms with Crippen LogP contribution in [0.4, 0.5) is 0 Å². The zero-order valence-corrected chi connectivity index (χ0v) is 12.2. The summed E-state index contributed by atoms with van der Waals surface area (Å²) in [6.07, 6.45) is 7.74. The molecule has 0 saturated heterocycles. The second-order valence-electron chi connectivity index (χ2n) is 4.82. The van der Waals surface area contributed by atoms with Gasteiger partial charge in [0, 0.05) is 12.0 Å². The van der Waals surface area contributed by atoms with Crippen LogP contribution in [0.2, 0.25) is 0 Å². The Bertz CT molecular complexity index is 553. The van der Waals surface area contributed by atoms with Crippen molar-refractivity contribution in [3.8, 4) is 17.1 Å². The monoisotopic (exact) mass is 283 g/mol. The Morgan fingerprint density at radius 3 is 2.52 bits per heavy atom. The molecule has 1 aromatic carbocycles. The number of nitrogens with zero attached hydrogens (tertiary/aromatic N) is 2. The largest absolute Gasteiger partial charge is 0.423 e. The van der Waals surface area contributed by atoms with E-state index in [0.717, 1.165) is 31.2 Å². The third-order valence-electron chi connectivity index (χ3n) is 3.07. The molecule has 2 rings (SSSR count). The maximum atomic E-state index is 11.6. The molecule has 0 aliphatic rings. The van der Waals surface area contributed by atoms with Crippen LogP contribution in [0.15, 0.2) is 36.7 Å². The molecule has 0 fully saturated rings. The van der Waals surface area contributed by atoms with E-state index in [0.29, 0.717) is 18.0 Å². The van der Waals surface area contributed by atoms with E-state index >= 15 is 0 Å². The quantitative estimate of drug-likeness (QED) is 0.572. The van der Waals surface area contributed by atoms with Gasteiger partial charge in [-0.1, -0.05) is 50.5 Å². The van der Waals surface area contributed by atoms with Crippen molar-refractivity contribution in [2.45, 2.75) is 39.0 Å². The molecule has 0 spiro atoms. The van der Waals surface area contributed by atoms with Gasteiger partial charge in [0.25, 0.3) is 0 Å². The molecule has 1 heterocycles. The Kier molecular flexibility index (Phi) is 5.88. The fourth-order valence-corrected chi connectivity index (χ4v) is 1.93. The molecule has 109 valence electrons. The van der Waals surface area contributed by atoms with E-state index in [2.05, 4.69) is 23.0 Å². The van der Waals surface area contributed by atoms with Gasteiger partial charge in [0.2, 0.25) is 0 Å². The van der Waals surface area contributed by atoms with Crippen LogP contribution in [0.1, 0.15) is 39.0 Å². The van der Waals surface area contributed by atoms with Gasteiger partial charge in [-0.3, -0.25) is 4.79 Å². The molecular formula is C17H19N2O2. The van der Waals surface area contributed by atoms with Crippen molar-refractivity contribution in [2.75, 3.05) is 0 Å². The molecule has 0 N–H and O–H groups in total. The standard InChI is InChI=1S/C17H19N2O2/c1-2-3-4-8-11-16(20)21-15-12-18-17(19-13-15)14-9-6-5-7-10-14/h6-7,9-10,12-13H,2-4,8,11H2,1H3. The first kappa shape index (κ1) is 15.2. The highest BCUT2D eigenvalue weighted by molar-refractivity contribution is 5.72. The smallest absolute Gasteiger partial charge is 0.311 e.